The van der Waals surface area contributed by atoms with Crippen molar-refractivity contribution < 1.29 is 4.74 Å². The lowest BCUT2D eigenvalue weighted by atomic mass is 10.3. The van der Waals surface area contributed by atoms with Gasteiger partial charge in [0.05, 0.1) is 12.6 Å². The lowest BCUT2D eigenvalue weighted by Crippen LogP contribution is -2.06. The van der Waals surface area contributed by atoms with Crippen LogP contribution in [0, 0.1) is 0 Å². The zero-order valence-corrected chi connectivity index (χ0v) is 8.84. The number of ether oxygens (including phenoxy) is 1. The molecule has 0 aromatic carbocycles. The molecule has 5 nitrogen and oxygen atoms in total. The highest BCUT2D eigenvalue weighted by Gasteiger charge is 2.10. The molecule has 0 fully saturated rings. The fourth-order valence-electron chi connectivity index (χ4n) is 1.36. The molecule has 0 spiro atoms. The van der Waals surface area contributed by atoms with Gasteiger partial charge in [0.2, 0.25) is 0 Å². The van der Waals surface area contributed by atoms with E-state index < -0.39 is 0 Å². The van der Waals surface area contributed by atoms with E-state index >= 15 is 0 Å². The van der Waals surface area contributed by atoms with E-state index in [-0.39, 0.29) is 6.04 Å². The highest BCUT2D eigenvalue weighted by Crippen LogP contribution is 2.18. The molecule has 0 saturated heterocycles. The molecular weight excluding hydrogens is 192 g/mol. The molecule has 2 aromatic heterocycles. The van der Waals surface area contributed by atoms with E-state index in [0.29, 0.717) is 18.1 Å². The van der Waals surface area contributed by atoms with E-state index in [9.17, 15) is 0 Å². The van der Waals surface area contributed by atoms with E-state index in [1.165, 1.54) is 0 Å². The maximum Gasteiger partial charge on any atom is 0.198 e. The number of pyridine rings is 1. The quantitative estimate of drug-likeness (QED) is 0.818. The minimum Gasteiger partial charge on any atom is -0.490 e. The van der Waals surface area contributed by atoms with E-state index in [4.69, 9.17) is 10.5 Å². The first-order chi connectivity index (χ1) is 7.22. The van der Waals surface area contributed by atoms with E-state index in [0.717, 1.165) is 5.75 Å². The van der Waals surface area contributed by atoms with Crippen molar-refractivity contribution in [2.45, 2.75) is 19.9 Å². The average molecular weight is 206 g/mol. The fraction of sp³-hybridized carbons (Fsp3) is 0.400. The molecule has 0 aliphatic carbocycles. The second kappa shape index (κ2) is 3.86. The minimum absolute atomic E-state index is 0.167. The summed E-state index contributed by atoms with van der Waals surface area (Å²) in [6.45, 7) is 4.40. The highest BCUT2D eigenvalue weighted by atomic mass is 16.5. The Hall–Kier alpha value is -1.62. The molecule has 80 valence electrons. The molecule has 0 bridgehead atoms. The number of fused-ring (bicyclic) bond motifs is 1. The van der Waals surface area contributed by atoms with Crippen molar-refractivity contribution in [3.8, 4) is 5.75 Å². The number of nitrogens with two attached hydrogens (primary N) is 1. The molecule has 2 rings (SSSR count). The number of hydrogen-bond acceptors (Lipinski definition) is 4. The zero-order chi connectivity index (χ0) is 10.8. The molecule has 5 heteroatoms. The largest absolute Gasteiger partial charge is 0.490 e. The Morgan fingerprint density at radius 1 is 1.60 bits per heavy atom. The van der Waals surface area contributed by atoms with Gasteiger partial charge in [0, 0.05) is 6.20 Å². The molecule has 2 aromatic rings. The van der Waals surface area contributed by atoms with Gasteiger partial charge in [-0.25, -0.2) is 9.50 Å². The first-order valence-corrected chi connectivity index (χ1v) is 4.96. The second-order valence-electron chi connectivity index (χ2n) is 3.33. The normalized spacial score (nSPS) is 13.0. The standard InChI is InChI=1S/C10H14N4O/c1-3-15-8-5-4-6-14-10(8)12-9(13-14)7(2)11/h4-7H,3,11H2,1-2H3. The van der Waals surface area contributed by atoms with Crippen LogP contribution in [-0.2, 0) is 0 Å². The van der Waals surface area contributed by atoms with Crippen molar-refractivity contribution in [2.75, 3.05) is 6.61 Å². The van der Waals surface area contributed by atoms with Crippen molar-refractivity contribution in [2.24, 2.45) is 5.73 Å². The van der Waals surface area contributed by atoms with Gasteiger partial charge >= 0.3 is 0 Å². The van der Waals surface area contributed by atoms with E-state index in [1.807, 2.05) is 32.2 Å². The number of nitrogens with zero attached hydrogens (tertiary/aromatic N) is 3. The Morgan fingerprint density at radius 3 is 3.07 bits per heavy atom. The molecule has 0 saturated carbocycles. The molecule has 1 unspecified atom stereocenters. The zero-order valence-electron chi connectivity index (χ0n) is 8.84. The van der Waals surface area contributed by atoms with Crippen molar-refractivity contribution in [1.82, 2.24) is 14.6 Å². The van der Waals surface area contributed by atoms with Crippen LogP contribution >= 0.6 is 0 Å². The van der Waals surface area contributed by atoms with Crippen LogP contribution in [0.15, 0.2) is 18.3 Å². The summed E-state index contributed by atoms with van der Waals surface area (Å²) >= 11 is 0. The molecule has 2 heterocycles. The Kier molecular flexibility index (Phi) is 2.55. The summed E-state index contributed by atoms with van der Waals surface area (Å²) in [5.41, 5.74) is 6.44. The van der Waals surface area contributed by atoms with Crippen LogP contribution in [0.5, 0.6) is 5.75 Å². The molecule has 15 heavy (non-hydrogen) atoms. The van der Waals surface area contributed by atoms with Gasteiger partial charge in [0.25, 0.3) is 0 Å². The summed E-state index contributed by atoms with van der Waals surface area (Å²) in [4.78, 5) is 4.33. The third-order valence-electron chi connectivity index (χ3n) is 2.05. The van der Waals surface area contributed by atoms with Crippen molar-refractivity contribution >= 4 is 5.65 Å². The second-order valence-corrected chi connectivity index (χ2v) is 3.33. The van der Waals surface area contributed by atoms with Crippen LogP contribution in [0.2, 0.25) is 0 Å². The maximum atomic E-state index is 5.72. The van der Waals surface area contributed by atoms with Crippen molar-refractivity contribution in [3.05, 3.63) is 24.2 Å². The molecule has 0 radical (unpaired) electrons. The third-order valence-corrected chi connectivity index (χ3v) is 2.05. The Morgan fingerprint density at radius 2 is 2.40 bits per heavy atom. The molecule has 0 aliphatic heterocycles. The van der Waals surface area contributed by atoms with Crippen LogP contribution in [0.25, 0.3) is 5.65 Å². The molecule has 1 atom stereocenters. The van der Waals surface area contributed by atoms with Crippen LogP contribution < -0.4 is 10.5 Å². The Bertz CT molecular complexity index is 463. The summed E-state index contributed by atoms with van der Waals surface area (Å²) in [6, 6.07) is 3.58. The number of rotatable bonds is 3. The van der Waals surface area contributed by atoms with Crippen LogP contribution in [0.4, 0.5) is 0 Å². The van der Waals surface area contributed by atoms with Crippen LogP contribution in [0.3, 0.4) is 0 Å². The highest BCUT2D eigenvalue weighted by molar-refractivity contribution is 5.52. The maximum absolute atomic E-state index is 5.72. The Balaban J connectivity index is 2.54. The SMILES string of the molecule is CCOc1cccn2nc(C(C)N)nc12. The molecular formula is C10H14N4O. The monoisotopic (exact) mass is 206 g/mol. The predicted octanol–water partition coefficient (Wildman–Crippen LogP) is 1.15. The van der Waals surface area contributed by atoms with E-state index in [2.05, 4.69) is 10.1 Å². The van der Waals surface area contributed by atoms with E-state index in [1.54, 1.807) is 4.52 Å². The van der Waals surface area contributed by atoms with Crippen molar-refractivity contribution in [1.29, 1.82) is 0 Å². The molecule has 0 amide bonds. The molecule has 0 aliphatic rings. The molecule has 2 N–H and O–H groups in total. The van der Waals surface area contributed by atoms with Gasteiger partial charge in [-0.2, -0.15) is 0 Å². The number of aromatic nitrogens is 3. The van der Waals surface area contributed by atoms with Gasteiger partial charge in [-0.1, -0.05) is 0 Å². The van der Waals surface area contributed by atoms with Gasteiger partial charge in [-0.3, -0.25) is 0 Å². The summed E-state index contributed by atoms with van der Waals surface area (Å²) in [5.74, 6) is 1.36. The summed E-state index contributed by atoms with van der Waals surface area (Å²) in [5, 5.41) is 4.26. The van der Waals surface area contributed by atoms with Gasteiger partial charge < -0.3 is 10.5 Å². The Labute approximate surface area is 87.9 Å². The van der Waals surface area contributed by atoms with Crippen LogP contribution in [-0.4, -0.2) is 21.2 Å². The predicted molar refractivity (Wildman–Crippen MR) is 56.8 cm³/mol. The minimum atomic E-state index is -0.167. The third kappa shape index (κ3) is 1.78. The van der Waals surface area contributed by atoms with Gasteiger partial charge in [0.1, 0.15) is 0 Å². The smallest absolute Gasteiger partial charge is 0.198 e. The summed E-state index contributed by atoms with van der Waals surface area (Å²) < 4.78 is 7.13. The fourth-order valence-corrected chi connectivity index (χ4v) is 1.36. The lowest BCUT2D eigenvalue weighted by Gasteiger charge is -2.02. The summed E-state index contributed by atoms with van der Waals surface area (Å²) in [6.07, 6.45) is 1.83. The first kappa shape index (κ1) is 9.92. The number of hydrogen-bond donors (Lipinski definition) is 1. The lowest BCUT2D eigenvalue weighted by molar-refractivity contribution is 0.342. The van der Waals surface area contributed by atoms with Gasteiger partial charge in [-0.15, -0.1) is 5.10 Å². The van der Waals surface area contributed by atoms with Gasteiger partial charge in [-0.05, 0) is 26.0 Å². The van der Waals surface area contributed by atoms with Gasteiger partial charge in [0.15, 0.2) is 17.2 Å². The topological polar surface area (TPSA) is 65.4 Å². The average Bonchev–Trinajstić information content (AvgIpc) is 2.63. The van der Waals surface area contributed by atoms with Crippen LogP contribution in [0.1, 0.15) is 25.7 Å². The first-order valence-electron chi connectivity index (χ1n) is 4.96. The van der Waals surface area contributed by atoms with Crippen molar-refractivity contribution in [3.63, 3.8) is 0 Å². The summed E-state index contributed by atoms with van der Waals surface area (Å²) in [7, 11) is 0.